The van der Waals surface area contributed by atoms with Gasteiger partial charge in [0.05, 0.1) is 19.1 Å². The van der Waals surface area contributed by atoms with Crippen molar-refractivity contribution in [3.63, 3.8) is 0 Å². The van der Waals surface area contributed by atoms with Crippen LogP contribution >= 0.6 is 11.3 Å². The van der Waals surface area contributed by atoms with Crippen LogP contribution in [-0.2, 0) is 14.8 Å². The van der Waals surface area contributed by atoms with Crippen molar-refractivity contribution in [1.29, 1.82) is 0 Å². The standard InChI is InChI=1S/C17H21N3O4S2/c1-11-9-12(6-7-15(11)24-2)13-10-25-17(18-13)19-16(21)14-5-4-8-20(14)26(3,22)23/h6-7,9-10,14H,4-5,8H2,1-3H3,(H,18,19,21). The van der Waals surface area contributed by atoms with Crippen LogP contribution in [0.4, 0.5) is 5.13 Å². The molecule has 2 heterocycles. The zero-order valence-corrected chi connectivity index (χ0v) is 16.5. The number of methoxy groups -OCH3 is 1. The van der Waals surface area contributed by atoms with Gasteiger partial charge in [-0.1, -0.05) is 0 Å². The van der Waals surface area contributed by atoms with Crippen LogP contribution in [0.2, 0.25) is 0 Å². The fourth-order valence-corrected chi connectivity index (χ4v) is 4.94. The Balaban J connectivity index is 1.74. The maximum absolute atomic E-state index is 12.5. The van der Waals surface area contributed by atoms with Crippen molar-refractivity contribution in [2.24, 2.45) is 0 Å². The van der Waals surface area contributed by atoms with Gasteiger partial charge in [-0.25, -0.2) is 13.4 Å². The molecule has 140 valence electrons. The van der Waals surface area contributed by atoms with Crippen LogP contribution in [-0.4, -0.2) is 49.6 Å². The predicted molar refractivity (Wildman–Crippen MR) is 102 cm³/mol. The smallest absolute Gasteiger partial charge is 0.244 e. The van der Waals surface area contributed by atoms with Crippen LogP contribution in [0.25, 0.3) is 11.3 Å². The summed E-state index contributed by atoms with van der Waals surface area (Å²) < 4.78 is 30.1. The third kappa shape index (κ3) is 3.89. The fourth-order valence-electron chi connectivity index (χ4n) is 3.09. The fraction of sp³-hybridized carbons (Fsp3) is 0.412. The largest absolute Gasteiger partial charge is 0.496 e. The minimum atomic E-state index is -3.39. The lowest BCUT2D eigenvalue weighted by molar-refractivity contribution is -0.119. The Morgan fingerprint density at radius 3 is 2.85 bits per heavy atom. The molecule has 0 bridgehead atoms. The molecular weight excluding hydrogens is 374 g/mol. The normalized spacial score (nSPS) is 18.0. The summed E-state index contributed by atoms with van der Waals surface area (Å²) in [5, 5.41) is 5.07. The van der Waals surface area contributed by atoms with Crippen molar-refractivity contribution in [1.82, 2.24) is 9.29 Å². The summed E-state index contributed by atoms with van der Waals surface area (Å²) in [4.78, 5) is 16.9. The number of nitrogens with one attached hydrogen (secondary N) is 1. The van der Waals surface area contributed by atoms with Gasteiger partial charge >= 0.3 is 0 Å². The topological polar surface area (TPSA) is 88.6 Å². The van der Waals surface area contributed by atoms with Crippen molar-refractivity contribution in [2.45, 2.75) is 25.8 Å². The lowest BCUT2D eigenvalue weighted by Crippen LogP contribution is -2.42. The van der Waals surface area contributed by atoms with E-state index in [2.05, 4.69) is 10.3 Å². The Hall–Kier alpha value is -1.97. The third-order valence-corrected chi connectivity index (χ3v) is 6.40. The number of ether oxygens (including phenoxy) is 1. The molecule has 1 fully saturated rings. The molecule has 9 heteroatoms. The van der Waals surface area contributed by atoms with E-state index in [-0.39, 0.29) is 5.91 Å². The van der Waals surface area contributed by atoms with Crippen LogP contribution in [0.1, 0.15) is 18.4 Å². The number of carbonyl (C=O) groups is 1. The number of thiazole rings is 1. The minimum absolute atomic E-state index is 0.334. The molecule has 1 aromatic heterocycles. The van der Waals surface area contributed by atoms with E-state index in [9.17, 15) is 13.2 Å². The number of nitrogens with zero attached hydrogens (tertiary/aromatic N) is 2. The lowest BCUT2D eigenvalue weighted by atomic mass is 10.1. The Kier molecular flexibility index (Phi) is 5.31. The van der Waals surface area contributed by atoms with Crippen LogP contribution in [0, 0.1) is 6.92 Å². The van der Waals surface area contributed by atoms with E-state index < -0.39 is 16.1 Å². The lowest BCUT2D eigenvalue weighted by Gasteiger charge is -2.20. The number of rotatable bonds is 5. The second-order valence-electron chi connectivity index (χ2n) is 6.24. The van der Waals surface area contributed by atoms with Gasteiger partial charge in [-0.3, -0.25) is 4.79 Å². The molecule has 7 nitrogen and oxygen atoms in total. The first-order chi connectivity index (χ1) is 12.3. The summed E-state index contributed by atoms with van der Waals surface area (Å²) in [5.41, 5.74) is 2.68. The molecule has 1 amide bonds. The van der Waals surface area contributed by atoms with Crippen LogP contribution < -0.4 is 10.1 Å². The summed E-state index contributed by atoms with van der Waals surface area (Å²) in [6.07, 6.45) is 2.33. The van der Waals surface area contributed by atoms with Crippen molar-refractivity contribution >= 4 is 32.4 Å². The van der Waals surface area contributed by atoms with E-state index in [0.717, 1.165) is 28.8 Å². The highest BCUT2D eigenvalue weighted by Crippen LogP contribution is 2.29. The molecule has 1 N–H and O–H groups in total. The zero-order chi connectivity index (χ0) is 18.9. The van der Waals surface area contributed by atoms with Crippen LogP contribution in [0.15, 0.2) is 23.6 Å². The molecule has 1 atom stereocenters. The molecule has 0 radical (unpaired) electrons. The van der Waals surface area contributed by atoms with Gasteiger partial charge in [-0.2, -0.15) is 4.31 Å². The summed E-state index contributed by atoms with van der Waals surface area (Å²) >= 11 is 1.31. The second kappa shape index (κ2) is 7.34. The quantitative estimate of drug-likeness (QED) is 0.840. The number of aryl methyl sites for hydroxylation is 1. The van der Waals surface area contributed by atoms with E-state index in [1.807, 2.05) is 30.5 Å². The second-order valence-corrected chi connectivity index (χ2v) is 9.04. The van der Waals surface area contributed by atoms with E-state index in [4.69, 9.17) is 4.74 Å². The van der Waals surface area contributed by atoms with Crippen molar-refractivity contribution < 1.29 is 17.9 Å². The van der Waals surface area contributed by atoms with Gasteiger partial charge < -0.3 is 10.1 Å². The van der Waals surface area contributed by atoms with E-state index >= 15 is 0 Å². The molecule has 1 saturated heterocycles. The Morgan fingerprint density at radius 1 is 1.42 bits per heavy atom. The molecule has 26 heavy (non-hydrogen) atoms. The molecule has 0 aliphatic carbocycles. The van der Waals surface area contributed by atoms with Gasteiger partial charge in [0.2, 0.25) is 15.9 Å². The van der Waals surface area contributed by atoms with Gasteiger partial charge in [0.15, 0.2) is 5.13 Å². The number of amides is 1. The SMILES string of the molecule is COc1ccc(-c2csc(NC(=O)C3CCCN3S(C)(=O)=O)n2)cc1C. The average molecular weight is 396 g/mol. The molecule has 1 aliphatic rings. The highest BCUT2D eigenvalue weighted by Gasteiger charge is 2.36. The highest BCUT2D eigenvalue weighted by atomic mass is 32.2. The summed E-state index contributed by atoms with van der Waals surface area (Å²) in [5.74, 6) is 0.472. The van der Waals surface area contributed by atoms with E-state index in [0.29, 0.717) is 24.5 Å². The Morgan fingerprint density at radius 2 is 2.19 bits per heavy atom. The molecule has 1 aromatic carbocycles. The Labute approximate surface area is 157 Å². The minimum Gasteiger partial charge on any atom is -0.496 e. The molecule has 2 aromatic rings. The molecule has 3 rings (SSSR count). The highest BCUT2D eigenvalue weighted by molar-refractivity contribution is 7.88. The van der Waals surface area contributed by atoms with E-state index in [1.165, 1.54) is 15.6 Å². The summed E-state index contributed by atoms with van der Waals surface area (Å²) in [6, 6.07) is 5.10. The predicted octanol–water partition coefficient (Wildman–Crippen LogP) is 2.49. The first kappa shape index (κ1) is 18.8. The van der Waals surface area contributed by atoms with Gasteiger partial charge in [-0.05, 0) is 43.5 Å². The first-order valence-electron chi connectivity index (χ1n) is 8.18. The average Bonchev–Trinajstić information content (AvgIpc) is 3.23. The molecule has 0 saturated carbocycles. The monoisotopic (exact) mass is 395 g/mol. The summed E-state index contributed by atoms with van der Waals surface area (Å²) in [6.45, 7) is 2.34. The number of anilines is 1. The number of sulfonamides is 1. The molecule has 0 spiro atoms. The van der Waals surface area contributed by atoms with Gasteiger partial charge in [0, 0.05) is 17.5 Å². The number of carbonyl (C=O) groups excluding carboxylic acids is 1. The number of aromatic nitrogens is 1. The number of hydrogen-bond acceptors (Lipinski definition) is 6. The van der Waals surface area contributed by atoms with Crippen molar-refractivity contribution in [3.05, 3.63) is 29.1 Å². The van der Waals surface area contributed by atoms with Crippen LogP contribution in [0.3, 0.4) is 0 Å². The molecular formula is C17H21N3O4S2. The zero-order valence-electron chi connectivity index (χ0n) is 14.9. The Bertz CT molecular complexity index is 924. The van der Waals surface area contributed by atoms with Gasteiger partial charge in [-0.15, -0.1) is 11.3 Å². The van der Waals surface area contributed by atoms with Gasteiger partial charge in [0.1, 0.15) is 11.8 Å². The summed E-state index contributed by atoms with van der Waals surface area (Å²) in [7, 11) is -1.77. The number of benzene rings is 1. The molecule has 1 aliphatic heterocycles. The van der Waals surface area contributed by atoms with Crippen molar-refractivity contribution in [3.8, 4) is 17.0 Å². The van der Waals surface area contributed by atoms with E-state index in [1.54, 1.807) is 7.11 Å². The maximum atomic E-state index is 12.5. The first-order valence-corrected chi connectivity index (χ1v) is 10.9. The van der Waals surface area contributed by atoms with Gasteiger partial charge in [0.25, 0.3) is 0 Å². The van der Waals surface area contributed by atoms with Crippen LogP contribution in [0.5, 0.6) is 5.75 Å². The third-order valence-electron chi connectivity index (χ3n) is 4.36. The maximum Gasteiger partial charge on any atom is 0.244 e. The van der Waals surface area contributed by atoms with Crippen molar-refractivity contribution in [2.75, 3.05) is 25.2 Å². The molecule has 1 unspecified atom stereocenters. The number of hydrogen-bond donors (Lipinski definition) is 1.